The monoisotopic (exact) mass is 1380 g/mol. The van der Waals surface area contributed by atoms with Crippen LogP contribution in [0.1, 0.15) is 13.8 Å². The second-order valence-corrected chi connectivity index (χ2v) is 23.6. The van der Waals surface area contributed by atoms with E-state index in [0.717, 1.165) is 6.92 Å². The molecule has 0 aromatic rings. The van der Waals surface area contributed by atoms with Crippen LogP contribution in [-0.4, -0.2) is 433 Å². The summed E-state index contributed by atoms with van der Waals surface area (Å²) >= 11 is 0. The molecule has 548 valence electrons. The van der Waals surface area contributed by atoms with E-state index in [1.165, 1.54) is 6.92 Å². The number of carbonyl (C=O) groups is 2. The van der Waals surface area contributed by atoms with Crippen LogP contribution in [0, 0.1) is 0 Å². The first-order valence-electron chi connectivity index (χ1n) is 29.9. The second kappa shape index (κ2) is 35.1. The number of carbonyl (C=O) groups excluding carboxylic acids is 2. The van der Waals surface area contributed by atoms with Gasteiger partial charge in [-0.3, -0.25) is 9.59 Å². The Hall–Kier alpha value is -2.58. The number of rotatable bonds is 22. The molecule has 2 amide bonds. The minimum absolute atomic E-state index is 0.194. The van der Waals surface area contributed by atoms with Gasteiger partial charge in [0.05, 0.1) is 72.1 Å². The molecule has 0 bridgehead atoms. The van der Waals surface area contributed by atoms with Gasteiger partial charge in [0.25, 0.3) is 0 Å². The van der Waals surface area contributed by atoms with Crippen LogP contribution in [0.3, 0.4) is 0 Å². The van der Waals surface area contributed by atoms with Crippen LogP contribution in [-0.2, 0) is 75.9 Å². The minimum Gasteiger partial charge on any atom is -0.394 e. The van der Waals surface area contributed by atoms with Crippen LogP contribution in [0.2, 0.25) is 0 Å². The predicted octanol–water partition coefficient (Wildman–Crippen LogP) is -17.8. The van der Waals surface area contributed by atoms with Crippen molar-refractivity contribution in [3.05, 3.63) is 0 Å². The van der Waals surface area contributed by atoms with Crippen molar-refractivity contribution in [2.75, 3.05) is 66.1 Å². The fraction of sp³-hybridized carbons (Fsp3) is 0.962. The number of nitrogens with one attached hydrogen (secondary N) is 2. The molecule has 0 radical (unpaired) electrons. The molecule has 8 aliphatic heterocycles. The van der Waals surface area contributed by atoms with E-state index in [0.29, 0.717) is 0 Å². The van der Waals surface area contributed by atoms with Crippen molar-refractivity contribution in [1.29, 1.82) is 0 Å². The first-order chi connectivity index (χ1) is 44.4. The maximum Gasteiger partial charge on any atom is 0.217 e. The summed E-state index contributed by atoms with van der Waals surface area (Å²) in [5.74, 6) is -1.30. The summed E-state index contributed by atoms with van der Waals surface area (Å²) in [5, 5.41) is 252. The van der Waals surface area contributed by atoms with Gasteiger partial charge >= 0.3 is 0 Å². The maximum atomic E-state index is 12.4. The zero-order valence-electron chi connectivity index (χ0n) is 50.3. The molecule has 8 rings (SSSR count). The van der Waals surface area contributed by atoms with Gasteiger partial charge in [0, 0.05) is 13.8 Å². The summed E-state index contributed by atoms with van der Waals surface area (Å²) in [4.78, 5) is 24.2. The van der Waals surface area contributed by atoms with Crippen molar-refractivity contribution in [1.82, 2.24) is 10.6 Å². The molecule has 0 unspecified atom stereocenters. The van der Waals surface area contributed by atoms with Gasteiger partial charge in [-0.25, -0.2) is 0 Å². The molecule has 42 nitrogen and oxygen atoms in total. The standard InChI is InChI=1S/C40H68N2O30.C12H22O10/c1-10(47)41-12-7-62-15(5-45)33(20(12)49)70-36-19(42-11(2)48)25(54)34(16(6-46)67-36)71-40-31(60)28(57)23(52)17(69-40)8-64-38-32(61)35(72-39-30(59)27(56)22(51)14(4-44)66-39)24(53)18(68-38)9-63-37-29(58)26(55)21(50)13(3-43)65-37;13-1-5-8(16)10(18)11(19)12(22-5)21-3-6-9(17)7(15)4(14)2-20-6/h12-40,43-46,49-61H,3-9H2,1-2H3,(H,41,47)(H,42,48);4-19H,1-3H2/t12-,13+,14+,15+,16+,17+,18+,19+,20+,21+,22+,23+,24+,25+,26-,27-,28-,29-,30-,31-,32-,33+,34+,35-,36-,37-,38-,39+,40-;4-,5-,6-,7-,8-,9-,10+,11+,12+/m01/s1. The highest BCUT2D eigenvalue weighted by molar-refractivity contribution is 5.73. The molecule has 8 saturated heterocycles. The Labute approximate surface area is 532 Å². The Bertz CT molecular complexity index is 2290. The van der Waals surface area contributed by atoms with E-state index in [1.807, 2.05) is 0 Å². The lowest BCUT2D eigenvalue weighted by Crippen LogP contribution is -2.69. The number of amides is 2. The van der Waals surface area contributed by atoms with E-state index < -0.39 is 291 Å². The minimum atomic E-state index is -2.13. The number of hydrogen-bond acceptors (Lipinski definition) is 40. The quantitative estimate of drug-likeness (QED) is 0.0479. The van der Waals surface area contributed by atoms with E-state index >= 15 is 0 Å². The zero-order valence-corrected chi connectivity index (χ0v) is 50.3. The first kappa shape index (κ1) is 78.8. The fourth-order valence-corrected chi connectivity index (χ4v) is 11.5. The highest BCUT2D eigenvalue weighted by atomic mass is 16.8. The van der Waals surface area contributed by atoms with Gasteiger partial charge in [0.1, 0.15) is 189 Å². The Morgan fingerprint density at radius 2 is 0.660 bits per heavy atom. The number of aliphatic hydroxyl groups is 24. The van der Waals surface area contributed by atoms with E-state index in [2.05, 4.69) is 10.6 Å². The zero-order chi connectivity index (χ0) is 69.5. The average Bonchev–Trinajstić information content (AvgIpc) is 0.793. The summed E-state index contributed by atoms with van der Waals surface area (Å²) in [6, 6.07) is -2.66. The van der Waals surface area contributed by atoms with E-state index in [4.69, 9.17) is 71.4 Å². The number of hydrogen-bond donors (Lipinski definition) is 26. The third-order valence-corrected chi connectivity index (χ3v) is 17.0. The molecular formula is C52H90N2O40. The molecule has 38 atom stereocenters. The molecule has 8 heterocycles. The summed E-state index contributed by atoms with van der Waals surface area (Å²) in [6.07, 6.45) is -61.5. The molecule has 8 aliphatic rings. The molecule has 0 spiro atoms. The van der Waals surface area contributed by atoms with Crippen molar-refractivity contribution in [2.45, 2.75) is 247 Å². The number of aliphatic hydroxyl groups excluding tert-OH is 24. The van der Waals surface area contributed by atoms with Crippen LogP contribution < -0.4 is 10.6 Å². The normalized spacial score (nSPS) is 49.4. The van der Waals surface area contributed by atoms with Crippen LogP contribution in [0.25, 0.3) is 0 Å². The summed E-state index contributed by atoms with van der Waals surface area (Å²) < 4.78 is 78.0. The highest BCUT2D eigenvalue weighted by Crippen LogP contribution is 2.35. The first-order valence-corrected chi connectivity index (χ1v) is 29.9. The Balaban J connectivity index is 0.000000477. The van der Waals surface area contributed by atoms with Crippen LogP contribution in [0.5, 0.6) is 0 Å². The van der Waals surface area contributed by atoms with Crippen molar-refractivity contribution in [2.24, 2.45) is 0 Å². The lowest BCUT2D eigenvalue weighted by molar-refractivity contribution is -0.375. The van der Waals surface area contributed by atoms with E-state index in [1.54, 1.807) is 0 Å². The molecule has 0 saturated carbocycles. The molecule has 0 aromatic carbocycles. The maximum absolute atomic E-state index is 12.4. The molecule has 0 aromatic heterocycles. The van der Waals surface area contributed by atoms with Gasteiger partial charge in [-0.2, -0.15) is 0 Å². The van der Waals surface area contributed by atoms with Crippen LogP contribution in [0.15, 0.2) is 0 Å². The van der Waals surface area contributed by atoms with Gasteiger partial charge in [0.15, 0.2) is 37.7 Å². The average molecular weight is 1380 g/mol. The SMILES string of the molecule is CC(=O)N[C@H]1[C@H](O[C@H]2[C@H](O)[C@@H](NC(C)=O)CO[C@@H]2CO)O[C@H](CO)[C@@H](O[C@@H]2O[C@H](CO[C@H]3O[C@H](CO[C@H]4O[C@H](CO)[C@@H](O)[C@H](O)[C@@H]4O)[C@@H](O)[C@H](O[C@H]4O[C@H](CO)[C@@H](O)[C@H](O)[C@@H]4O)[C@@H]3O)[C@@H](O)[C@H](O)[C@@H]2O)[C@@H]1O.OC[C@H]1O[C@H](OC[C@H]2OC[C@@H](O)[C@@H](O)[C@@H]2O)[C@@H](O)[C@@H](O)[C@@H]1O. The number of ether oxygens (including phenoxy) is 14. The smallest absolute Gasteiger partial charge is 0.217 e. The van der Waals surface area contributed by atoms with E-state index in [9.17, 15) is 127 Å². The molecule has 26 N–H and O–H groups in total. The van der Waals surface area contributed by atoms with Crippen molar-refractivity contribution in [3.63, 3.8) is 0 Å². The second-order valence-electron chi connectivity index (χ2n) is 23.6. The summed E-state index contributed by atoms with van der Waals surface area (Å²) in [7, 11) is 0. The summed E-state index contributed by atoms with van der Waals surface area (Å²) in [5.41, 5.74) is 0. The summed E-state index contributed by atoms with van der Waals surface area (Å²) in [6.45, 7) is -4.21. The third kappa shape index (κ3) is 18.1. The topological polar surface area (TPSA) is 673 Å². The molecule has 8 fully saturated rings. The van der Waals surface area contributed by atoms with Crippen LogP contribution >= 0.6 is 0 Å². The molecule has 94 heavy (non-hydrogen) atoms. The lowest BCUT2D eigenvalue weighted by atomic mass is 9.94. The van der Waals surface area contributed by atoms with Crippen molar-refractivity contribution in [3.8, 4) is 0 Å². The Kier molecular flexibility index (Phi) is 29.4. The molecular weight excluding hydrogens is 1290 g/mol. The van der Waals surface area contributed by atoms with E-state index in [-0.39, 0.29) is 19.8 Å². The van der Waals surface area contributed by atoms with Gasteiger partial charge in [0.2, 0.25) is 11.8 Å². The molecule has 0 aliphatic carbocycles. The predicted molar refractivity (Wildman–Crippen MR) is 289 cm³/mol. The molecule has 42 heteroatoms. The van der Waals surface area contributed by atoms with Crippen molar-refractivity contribution < 1.29 is 198 Å². The third-order valence-electron chi connectivity index (χ3n) is 17.0. The highest BCUT2D eigenvalue weighted by Gasteiger charge is 2.57. The van der Waals surface area contributed by atoms with Crippen molar-refractivity contribution >= 4 is 11.8 Å². The largest absolute Gasteiger partial charge is 0.394 e. The Morgan fingerprint density at radius 3 is 1.13 bits per heavy atom. The van der Waals surface area contributed by atoms with Gasteiger partial charge < -0.3 is 200 Å². The van der Waals surface area contributed by atoms with Gasteiger partial charge in [-0.05, 0) is 0 Å². The van der Waals surface area contributed by atoms with Gasteiger partial charge in [-0.1, -0.05) is 0 Å². The fourth-order valence-electron chi connectivity index (χ4n) is 11.5. The van der Waals surface area contributed by atoms with Gasteiger partial charge in [-0.15, -0.1) is 0 Å². The van der Waals surface area contributed by atoms with Crippen LogP contribution in [0.4, 0.5) is 0 Å². The Morgan fingerprint density at radius 1 is 0.319 bits per heavy atom. The lowest BCUT2D eigenvalue weighted by Gasteiger charge is -2.49.